The molecule has 51 heavy (non-hydrogen) atoms. The summed E-state index contributed by atoms with van der Waals surface area (Å²) < 4.78 is 2.28. The molecule has 2 nitrogen and oxygen atoms in total. The maximum atomic E-state index is 4.80. The second-order valence-corrected chi connectivity index (χ2v) is 13.4. The molecule has 1 aliphatic carbocycles. The van der Waals surface area contributed by atoms with Gasteiger partial charge in [0.15, 0.2) is 0 Å². The minimum atomic E-state index is 0.977. The second-order valence-electron chi connectivity index (χ2n) is 13.4. The lowest BCUT2D eigenvalue weighted by Gasteiger charge is -2.20. The molecule has 0 saturated heterocycles. The van der Waals surface area contributed by atoms with E-state index in [1.54, 1.807) is 0 Å². The van der Waals surface area contributed by atoms with Gasteiger partial charge in [-0.05, 0) is 108 Å². The number of para-hydroxylation sites is 1. The van der Waals surface area contributed by atoms with E-state index in [0.29, 0.717) is 0 Å². The van der Waals surface area contributed by atoms with Gasteiger partial charge in [0.25, 0.3) is 0 Å². The highest BCUT2D eigenvalue weighted by Crippen LogP contribution is 2.58. The SMILES string of the molecule is c1ccc(-c2c3c(c(-c4ccccc4)c4ccccc24)-c2ccc(-c4ccc(-n5c6ccccc6c6cccnc65)cc4)c4cccc-3c24)cc1. The first-order chi connectivity index (χ1) is 25.3. The zero-order valence-corrected chi connectivity index (χ0v) is 27.7. The van der Waals surface area contributed by atoms with E-state index in [1.807, 2.05) is 12.3 Å². The average molecular weight is 647 g/mol. The number of pyridine rings is 1. The predicted octanol–water partition coefficient (Wildman–Crippen LogP) is 13.1. The van der Waals surface area contributed by atoms with Crippen molar-refractivity contribution >= 4 is 43.5 Å². The first kappa shape index (κ1) is 28.1. The third-order valence-electron chi connectivity index (χ3n) is 10.8. The van der Waals surface area contributed by atoms with Crippen LogP contribution in [0.4, 0.5) is 0 Å². The topological polar surface area (TPSA) is 17.8 Å². The third kappa shape index (κ3) is 4.02. The van der Waals surface area contributed by atoms with Crippen LogP contribution in [0.2, 0.25) is 0 Å². The molecule has 0 saturated carbocycles. The van der Waals surface area contributed by atoms with Crippen molar-refractivity contribution in [2.24, 2.45) is 0 Å². The maximum absolute atomic E-state index is 4.80. The van der Waals surface area contributed by atoms with Crippen molar-refractivity contribution in [1.29, 1.82) is 0 Å². The molecule has 0 N–H and O–H groups in total. The van der Waals surface area contributed by atoms with Crippen LogP contribution in [0.1, 0.15) is 0 Å². The number of hydrogen-bond donors (Lipinski definition) is 0. The summed E-state index contributed by atoms with van der Waals surface area (Å²) in [6.45, 7) is 0. The molecule has 0 fully saturated rings. The monoisotopic (exact) mass is 646 g/mol. The van der Waals surface area contributed by atoms with E-state index in [9.17, 15) is 0 Å². The van der Waals surface area contributed by atoms with E-state index < -0.39 is 0 Å². The van der Waals surface area contributed by atoms with Crippen molar-refractivity contribution in [3.8, 4) is 61.3 Å². The molecule has 0 bridgehead atoms. The summed E-state index contributed by atoms with van der Waals surface area (Å²) in [6.07, 6.45) is 1.88. The predicted molar refractivity (Wildman–Crippen MR) is 214 cm³/mol. The van der Waals surface area contributed by atoms with Gasteiger partial charge in [0.1, 0.15) is 5.65 Å². The molecular formula is C49H30N2. The summed E-state index contributed by atoms with van der Waals surface area (Å²) in [5.41, 5.74) is 16.0. The van der Waals surface area contributed by atoms with E-state index in [4.69, 9.17) is 4.98 Å². The Kier molecular flexibility index (Phi) is 5.99. The van der Waals surface area contributed by atoms with Gasteiger partial charge in [0.2, 0.25) is 0 Å². The Bertz CT molecular complexity index is 2840. The minimum absolute atomic E-state index is 0.977. The van der Waals surface area contributed by atoms with Crippen LogP contribution in [0.15, 0.2) is 182 Å². The highest BCUT2D eigenvalue weighted by molar-refractivity contribution is 6.28. The summed E-state index contributed by atoms with van der Waals surface area (Å²) >= 11 is 0. The number of rotatable bonds is 4. The smallest absolute Gasteiger partial charge is 0.145 e. The molecule has 2 aromatic heterocycles. The van der Waals surface area contributed by atoms with E-state index in [-0.39, 0.29) is 0 Å². The van der Waals surface area contributed by atoms with Crippen molar-refractivity contribution in [2.75, 3.05) is 0 Å². The first-order valence-electron chi connectivity index (χ1n) is 17.6. The van der Waals surface area contributed by atoms with Crippen LogP contribution in [-0.4, -0.2) is 9.55 Å². The fourth-order valence-corrected chi connectivity index (χ4v) is 8.71. The number of nitrogens with zero attached hydrogens (tertiary/aromatic N) is 2. The van der Waals surface area contributed by atoms with Gasteiger partial charge < -0.3 is 0 Å². The van der Waals surface area contributed by atoms with Gasteiger partial charge >= 0.3 is 0 Å². The molecule has 0 aliphatic heterocycles. The van der Waals surface area contributed by atoms with Crippen LogP contribution in [0.25, 0.3) is 105 Å². The minimum Gasteiger partial charge on any atom is -0.294 e. The van der Waals surface area contributed by atoms with Crippen LogP contribution in [0, 0.1) is 0 Å². The fraction of sp³-hybridized carbons (Fsp3) is 0. The Hall–Kier alpha value is -6.77. The van der Waals surface area contributed by atoms with Crippen molar-refractivity contribution < 1.29 is 0 Å². The first-order valence-corrected chi connectivity index (χ1v) is 17.6. The summed E-state index contributed by atoms with van der Waals surface area (Å²) in [5.74, 6) is 0. The molecular weight excluding hydrogens is 617 g/mol. The molecule has 2 heteroatoms. The molecule has 8 aromatic carbocycles. The van der Waals surface area contributed by atoms with E-state index >= 15 is 0 Å². The highest BCUT2D eigenvalue weighted by atomic mass is 15.0. The average Bonchev–Trinajstić information content (AvgIpc) is 3.72. The molecule has 0 atom stereocenters. The molecule has 10 aromatic rings. The Morgan fingerprint density at radius 2 is 0.882 bits per heavy atom. The van der Waals surface area contributed by atoms with Crippen molar-refractivity contribution in [3.05, 3.63) is 182 Å². The Balaban J connectivity index is 1.15. The highest BCUT2D eigenvalue weighted by Gasteiger charge is 2.31. The van der Waals surface area contributed by atoms with E-state index in [0.717, 1.165) is 16.9 Å². The van der Waals surface area contributed by atoms with Crippen LogP contribution in [-0.2, 0) is 0 Å². The summed E-state index contributed by atoms with van der Waals surface area (Å²) in [4.78, 5) is 4.80. The van der Waals surface area contributed by atoms with Crippen molar-refractivity contribution in [3.63, 3.8) is 0 Å². The van der Waals surface area contributed by atoms with Gasteiger partial charge in [0, 0.05) is 22.7 Å². The van der Waals surface area contributed by atoms with E-state index in [1.165, 1.54) is 88.0 Å². The molecule has 0 unspecified atom stereocenters. The summed E-state index contributed by atoms with van der Waals surface area (Å²) in [7, 11) is 0. The number of aromatic nitrogens is 2. The van der Waals surface area contributed by atoms with Gasteiger partial charge in [-0.15, -0.1) is 0 Å². The Morgan fingerprint density at radius 1 is 0.333 bits per heavy atom. The Morgan fingerprint density at radius 3 is 1.57 bits per heavy atom. The maximum Gasteiger partial charge on any atom is 0.145 e. The standard InChI is InChI=1S/C49H30N2/c1-3-13-32(14-4-1)44-38-18-7-8-19-39(38)45(33-15-5-2-6-16-33)48-42-29-28-35(37-20-11-21-41(46(37)42)47(44)48)31-24-26-34(27-25-31)51-43-23-10-9-17-36(43)40-22-12-30-50-49(40)51/h1-30H. The van der Waals surface area contributed by atoms with Gasteiger partial charge in [-0.1, -0.05) is 146 Å². The van der Waals surface area contributed by atoms with Gasteiger partial charge in [-0.3, -0.25) is 4.57 Å². The van der Waals surface area contributed by atoms with Gasteiger partial charge in [-0.25, -0.2) is 4.98 Å². The molecule has 0 spiro atoms. The lowest BCUT2D eigenvalue weighted by Crippen LogP contribution is -1.95. The number of benzene rings is 8. The van der Waals surface area contributed by atoms with Crippen LogP contribution in [0.3, 0.4) is 0 Å². The zero-order chi connectivity index (χ0) is 33.5. The molecule has 2 heterocycles. The quantitative estimate of drug-likeness (QED) is 0.186. The van der Waals surface area contributed by atoms with Gasteiger partial charge in [-0.2, -0.15) is 0 Å². The van der Waals surface area contributed by atoms with Crippen LogP contribution in [0.5, 0.6) is 0 Å². The Labute approximate surface area is 295 Å². The van der Waals surface area contributed by atoms with Gasteiger partial charge in [0.05, 0.1) is 5.52 Å². The van der Waals surface area contributed by atoms with Crippen molar-refractivity contribution in [2.45, 2.75) is 0 Å². The lowest BCUT2D eigenvalue weighted by molar-refractivity contribution is 1.14. The molecule has 236 valence electrons. The third-order valence-corrected chi connectivity index (χ3v) is 10.8. The summed E-state index contributed by atoms with van der Waals surface area (Å²) in [6, 6.07) is 64.1. The normalized spacial score (nSPS) is 11.9. The molecule has 0 radical (unpaired) electrons. The second kappa shape index (κ2) is 10.9. The largest absolute Gasteiger partial charge is 0.294 e. The van der Waals surface area contributed by atoms with Crippen LogP contribution < -0.4 is 0 Å². The summed E-state index contributed by atoms with van der Waals surface area (Å²) in [5, 5.41) is 7.54. The van der Waals surface area contributed by atoms with Crippen molar-refractivity contribution in [1.82, 2.24) is 9.55 Å². The number of fused-ring (bicyclic) bond motifs is 7. The lowest BCUT2D eigenvalue weighted by atomic mass is 9.82. The molecule has 1 aliphatic rings. The fourth-order valence-electron chi connectivity index (χ4n) is 8.71. The van der Waals surface area contributed by atoms with E-state index in [2.05, 4.69) is 174 Å². The molecule has 0 amide bonds. The number of hydrogen-bond acceptors (Lipinski definition) is 1. The zero-order valence-electron chi connectivity index (χ0n) is 27.7. The van der Waals surface area contributed by atoms with Crippen LogP contribution >= 0.6 is 0 Å². The molecule has 11 rings (SSSR count).